The molecule has 0 bridgehead atoms. The maximum Gasteiger partial charge on any atom is 0.417 e. The van der Waals surface area contributed by atoms with Crippen molar-refractivity contribution in [1.29, 1.82) is 0 Å². The molecule has 4 aliphatic carbocycles. The molecular formula is C28H43F3O3. The molecule has 3 saturated carbocycles. The van der Waals surface area contributed by atoms with Crippen molar-refractivity contribution >= 4 is 0 Å². The third kappa shape index (κ3) is 3.80. The van der Waals surface area contributed by atoms with Crippen LogP contribution in [0.15, 0.2) is 11.6 Å². The van der Waals surface area contributed by atoms with Gasteiger partial charge in [0.05, 0.1) is 12.2 Å². The molecule has 0 amide bonds. The lowest BCUT2D eigenvalue weighted by atomic mass is 9.46. The summed E-state index contributed by atoms with van der Waals surface area (Å²) in [4.78, 5) is 0. The maximum absolute atomic E-state index is 13.6. The Hall–Kier alpha value is -0.590. The Balaban J connectivity index is 1.31. The number of hydrogen-bond donors (Lipinski definition) is 2. The van der Waals surface area contributed by atoms with Gasteiger partial charge in [0.2, 0.25) is 0 Å². The van der Waals surface area contributed by atoms with Crippen LogP contribution >= 0.6 is 0 Å². The Bertz CT molecular complexity index is 818. The summed E-state index contributed by atoms with van der Waals surface area (Å²) >= 11 is 0. The van der Waals surface area contributed by atoms with Crippen molar-refractivity contribution in [3.63, 3.8) is 0 Å². The number of alkyl halides is 3. The van der Waals surface area contributed by atoms with Gasteiger partial charge in [-0.05, 0) is 98.2 Å². The first kappa shape index (κ1) is 25.1. The monoisotopic (exact) mass is 484 g/mol. The van der Waals surface area contributed by atoms with Crippen molar-refractivity contribution in [3.8, 4) is 0 Å². The van der Waals surface area contributed by atoms with Crippen LogP contribution in [0.25, 0.3) is 0 Å². The first-order chi connectivity index (χ1) is 15.8. The molecule has 0 aromatic rings. The van der Waals surface area contributed by atoms with Crippen molar-refractivity contribution in [1.82, 2.24) is 0 Å². The molecule has 3 nitrogen and oxygen atoms in total. The number of allylic oxidation sites excluding steroid dienone is 1. The highest BCUT2D eigenvalue weighted by Crippen LogP contribution is 2.68. The predicted molar refractivity (Wildman–Crippen MR) is 125 cm³/mol. The van der Waals surface area contributed by atoms with E-state index in [1.54, 1.807) is 0 Å². The number of halogens is 3. The molecule has 0 spiro atoms. The van der Waals surface area contributed by atoms with Crippen molar-refractivity contribution < 1.29 is 28.1 Å². The highest BCUT2D eigenvalue weighted by molar-refractivity contribution is 5.28. The van der Waals surface area contributed by atoms with Crippen LogP contribution in [0, 0.1) is 40.4 Å². The number of rotatable bonds is 4. The number of hydrogen-bond acceptors (Lipinski definition) is 3. The average Bonchev–Trinajstić information content (AvgIpc) is 3.35. The molecule has 1 heterocycles. The smallest absolute Gasteiger partial charge is 0.387 e. The highest BCUT2D eigenvalue weighted by Gasteiger charge is 2.63. The molecule has 1 aliphatic heterocycles. The van der Waals surface area contributed by atoms with Gasteiger partial charge in [0.1, 0.15) is 0 Å². The Morgan fingerprint density at radius 3 is 2.50 bits per heavy atom. The standard InChI is InChI=1S/C28H43F3O3/c1-18(8-11-26(32)14-15-34-17-26)21-6-7-22-20-5-4-19-16-27(33,28(29,30)31)13-12-24(19,2)23(20)9-10-25(21,22)3/h4,18,20-23,32-33H,5-17H2,1-3H3/t18-,20-,21-,22-,23-,24-,25+,26?,27-/m0/s1. The molecule has 194 valence electrons. The Kier molecular flexibility index (Phi) is 6.05. The van der Waals surface area contributed by atoms with E-state index in [-0.39, 0.29) is 23.7 Å². The van der Waals surface area contributed by atoms with Gasteiger partial charge in [0.25, 0.3) is 0 Å². The topological polar surface area (TPSA) is 49.7 Å². The molecule has 6 heteroatoms. The van der Waals surface area contributed by atoms with Gasteiger partial charge in [-0.25, -0.2) is 0 Å². The Morgan fingerprint density at radius 1 is 1.06 bits per heavy atom. The van der Waals surface area contributed by atoms with Crippen LogP contribution in [0.2, 0.25) is 0 Å². The van der Waals surface area contributed by atoms with Gasteiger partial charge >= 0.3 is 6.18 Å². The maximum atomic E-state index is 13.6. The van der Waals surface area contributed by atoms with E-state index in [2.05, 4.69) is 26.8 Å². The zero-order valence-electron chi connectivity index (χ0n) is 21.1. The fraction of sp³-hybridized carbons (Fsp3) is 0.929. The number of aliphatic hydroxyl groups is 2. The van der Waals surface area contributed by atoms with Crippen molar-refractivity contribution in [2.24, 2.45) is 40.4 Å². The van der Waals surface area contributed by atoms with E-state index in [0.29, 0.717) is 49.2 Å². The summed E-state index contributed by atoms with van der Waals surface area (Å²) in [5.41, 5.74) is -2.28. The van der Waals surface area contributed by atoms with Crippen molar-refractivity contribution in [2.75, 3.05) is 13.2 Å². The molecule has 5 aliphatic rings. The normalized spacial score (nSPS) is 49.7. The molecule has 2 N–H and O–H groups in total. The molecule has 34 heavy (non-hydrogen) atoms. The first-order valence-corrected chi connectivity index (χ1v) is 13.6. The average molecular weight is 485 g/mol. The molecule has 0 aromatic carbocycles. The fourth-order valence-corrected chi connectivity index (χ4v) is 9.36. The summed E-state index contributed by atoms with van der Waals surface area (Å²) < 4.78 is 46.2. The Labute approximate surface area is 202 Å². The van der Waals surface area contributed by atoms with E-state index in [1.807, 2.05) is 0 Å². The van der Waals surface area contributed by atoms with Gasteiger partial charge in [0.15, 0.2) is 5.60 Å². The largest absolute Gasteiger partial charge is 0.417 e. The van der Waals surface area contributed by atoms with Gasteiger partial charge < -0.3 is 14.9 Å². The molecule has 1 unspecified atom stereocenters. The minimum atomic E-state index is -4.57. The summed E-state index contributed by atoms with van der Waals surface area (Å²) in [6.45, 7) is 8.16. The molecule has 0 aromatic heterocycles. The second-order valence-electron chi connectivity index (χ2n) is 13.2. The third-order valence-electron chi connectivity index (χ3n) is 11.6. The van der Waals surface area contributed by atoms with Gasteiger partial charge in [-0.2, -0.15) is 13.2 Å². The number of ether oxygens (including phenoxy) is 1. The second-order valence-corrected chi connectivity index (χ2v) is 13.2. The summed E-state index contributed by atoms with van der Waals surface area (Å²) in [6, 6.07) is 0. The van der Waals surface area contributed by atoms with E-state index in [4.69, 9.17) is 4.74 Å². The van der Waals surface area contributed by atoms with E-state index >= 15 is 0 Å². The quantitative estimate of drug-likeness (QED) is 0.452. The van der Waals surface area contributed by atoms with E-state index < -0.39 is 17.4 Å². The summed E-state index contributed by atoms with van der Waals surface area (Å²) in [7, 11) is 0. The molecule has 1 saturated heterocycles. The third-order valence-corrected chi connectivity index (χ3v) is 11.6. The molecule has 9 atom stereocenters. The summed E-state index contributed by atoms with van der Waals surface area (Å²) in [5.74, 6) is 2.78. The van der Waals surface area contributed by atoms with Crippen LogP contribution in [0.1, 0.15) is 91.4 Å². The van der Waals surface area contributed by atoms with Gasteiger partial charge in [-0.1, -0.05) is 32.4 Å². The molecule has 5 rings (SSSR count). The first-order valence-electron chi connectivity index (χ1n) is 13.6. The zero-order valence-corrected chi connectivity index (χ0v) is 21.1. The van der Waals surface area contributed by atoms with Crippen LogP contribution in [0.3, 0.4) is 0 Å². The molecule has 4 fully saturated rings. The molecule has 0 radical (unpaired) electrons. The summed E-state index contributed by atoms with van der Waals surface area (Å²) in [5, 5.41) is 21.1. The fourth-order valence-electron chi connectivity index (χ4n) is 9.36. The van der Waals surface area contributed by atoms with Crippen LogP contribution in [-0.2, 0) is 4.74 Å². The molecular weight excluding hydrogens is 441 g/mol. The zero-order chi connectivity index (χ0) is 24.6. The highest BCUT2D eigenvalue weighted by atomic mass is 19.4. The van der Waals surface area contributed by atoms with E-state index in [1.165, 1.54) is 12.8 Å². The van der Waals surface area contributed by atoms with Gasteiger partial charge in [-0.3, -0.25) is 0 Å². The lowest BCUT2D eigenvalue weighted by Gasteiger charge is -2.59. The Morgan fingerprint density at radius 2 is 1.82 bits per heavy atom. The second kappa shape index (κ2) is 8.21. The van der Waals surface area contributed by atoms with Crippen molar-refractivity contribution in [3.05, 3.63) is 11.6 Å². The summed E-state index contributed by atoms with van der Waals surface area (Å²) in [6.07, 6.45) is 5.64. The van der Waals surface area contributed by atoms with Gasteiger partial charge in [-0.15, -0.1) is 0 Å². The van der Waals surface area contributed by atoms with Gasteiger partial charge in [0, 0.05) is 19.4 Å². The van der Waals surface area contributed by atoms with Crippen LogP contribution in [0.4, 0.5) is 13.2 Å². The lowest BCUT2D eigenvalue weighted by molar-refractivity contribution is -0.271. The lowest BCUT2D eigenvalue weighted by Crippen LogP contribution is -2.55. The van der Waals surface area contributed by atoms with Crippen LogP contribution in [0.5, 0.6) is 0 Å². The minimum Gasteiger partial charge on any atom is -0.387 e. The SMILES string of the molecule is C[C@@H](CCC1(O)CCOC1)[C@@H]1CC[C@H]2[C@@H]3CC=C4C[C@](O)(C(F)(F)F)CC[C@]4(C)[C@H]3CC[C@@]21C. The van der Waals surface area contributed by atoms with E-state index in [0.717, 1.165) is 44.1 Å². The minimum absolute atomic E-state index is 0.179. The van der Waals surface area contributed by atoms with Crippen LogP contribution < -0.4 is 0 Å². The van der Waals surface area contributed by atoms with Crippen LogP contribution in [-0.4, -0.2) is 40.8 Å². The number of fused-ring (bicyclic) bond motifs is 5. The van der Waals surface area contributed by atoms with E-state index in [9.17, 15) is 23.4 Å². The van der Waals surface area contributed by atoms with Crippen molar-refractivity contribution in [2.45, 2.75) is 109 Å². The predicted octanol–water partition coefficient (Wildman–Crippen LogP) is 6.43.